The lowest BCUT2D eigenvalue weighted by Gasteiger charge is -2.21. The summed E-state index contributed by atoms with van der Waals surface area (Å²) in [7, 11) is 0. The van der Waals surface area contributed by atoms with Crippen LogP contribution in [0.2, 0.25) is 0 Å². The third kappa shape index (κ3) is 5.73. The highest BCUT2D eigenvalue weighted by Gasteiger charge is 2.23. The van der Waals surface area contributed by atoms with Crippen molar-refractivity contribution in [2.75, 3.05) is 6.61 Å². The van der Waals surface area contributed by atoms with Crippen LogP contribution < -0.4 is 5.32 Å². The number of nitrogens with one attached hydrogen (secondary N) is 1. The number of carbonyl (C=O) groups excluding carboxylic acids is 1. The Hall–Kier alpha value is -2.08. The number of carboxylic acids is 1. The van der Waals surface area contributed by atoms with E-state index in [9.17, 15) is 19.8 Å². The van der Waals surface area contributed by atoms with E-state index in [0.29, 0.717) is 0 Å². The van der Waals surface area contributed by atoms with Crippen molar-refractivity contribution in [1.29, 1.82) is 0 Å². The van der Waals surface area contributed by atoms with E-state index in [1.165, 1.54) is 12.1 Å². The first-order valence-electron chi connectivity index (χ1n) is 7.07. The fourth-order valence-corrected chi connectivity index (χ4v) is 1.81. The molecule has 0 fully saturated rings. The molecule has 1 unspecified atom stereocenters. The maximum atomic E-state index is 12.1. The highest BCUT2D eigenvalue weighted by Crippen LogP contribution is 2.18. The van der Waals surface area contributed by atoms with Crippen molar-refractivity contribution >= 4 is 11.9 Å². The number of benzene rings is 1. The molecule has 1 rings (SSSR count). The highest BCUT2D eigenvalue weighted by atomic mass is 16.5. The van der Waals surface area contributed by atoms with Gasteiger partial charge in [0.05, 0.1) is 11.2 Å². The van der Waals surface area contributed by atoms with Crippen LogP contribution in [0.25, 0.3) is 0 Å². The molecule has 6 nitrogen and oxygen atoms in total. The predicted octanol–water partition coefficient (Wildman–Crippen LogP) is 2.09. The number of aromatic hydroxyl groups is 1. The van der Waals surface area contributed by atoms with Crippen molar-refractivity contribution in [2.45, 2.75) is 45.8 Å². The zero-order valence-electron chi connectivity index (χ0n) is 13.3. The van der Waals surface area contributed by atoms with E-state index in [0.717, 1.165) is 5.56 Å². The third-order valence-corrected chi connectivity index (χ3v) is 2.94. The Morgan fingerprint density at radius 2 is 1.95 bits per heavy atom. The van der Waals surface area contributed by atoms with E-state index >= 15 is 0 Å². The SMILES string of the molecule is Cc1ccc(C(=O)NC(CCOC(C)(C)C)C(=O)O)c(O)c1. The topological polar surface area (TPSA) is 95.9 Å². The normalized spacial score (nSPS) is 12.7. The van der Waals surface area contributed by atoms with E-state index in [-0.39, 0.29) is 29.9 Å². The van der Waals surface area contributed by atoms with Crippen molar-refractivity contribution in [3.63, 3.8) is 0 Å². The van der Waals surface area contributed by atoms with Crippen LogP contribution in [0.15, 0.2) is 18.2 Å². The lowest BCUT2D eigenvalue weighted by Crippen LogP contribution is -2.42. The number of hydrogen-bond acceptors (Lipinski definition) is 4. The van der Waals surface area contributed by atoms with Crippen molar-refractivity contribution < 1.29 is 24.5 Å². The van der Waals surface area contributed by atoms with Crippen LogP contribution in [-0.4, -0.2) is 40.3 Å². The van der Waals surface area contributed by atoms with Crippen molar-refractivity contribution in [3.8, 4) is 5.75 Å². The molecule has 0 aliphatic rings. The minimum Gasteiger partial charge on any atom is -0.507 e. The van der Waals surface area contributed by atoms with Gasteiger partial charge in [0.1, 0.15) is 11.8 Å². The number of carbonyl (C=O) groups is 2. The van der Waals surface area contributed by atoms with Crippen LogP contribution in [0.3, 0.4) is 0 Å². The maximum absolute atomic E-state index is 12.1. The number of rotatable bonds is 6. The smallest absolute Gasteiger partial charge is 0.326 e. The third-order valence-electron chi connectivity index (χ3n) is 2.94. The largest absolute Gasteiger partial charge is 0.507 e. The summed E-state index contributed by atoms with van der Waals surface area (Å²) in [6.07, 6.45) is 0.144. The Kier molecular flexibility index (Phi) is 5.93. The van der Waals surface area contributed by atoms with Gasteiger partial charge in [0, 0.05) is 13.0 Å². The molecule has 0 radical (unpaired) electrons. The molecule has 0 spiro atoms. The summed E-state index contributed by atoms with van der Waals surface area (Å²) < 4.78 is 5.47. The number of phenols is 1. The zero-order chi connectivity index (χ0) is 16.9. The molecule has 1 aromatic carbocycles. The highest BCUT2D eigenvalue weighted by molar-refractivity contribution is 5.98. The van der Waals surface area contributed by atoms with Gasteiger partial charge >= 0.3 is 5.97 Å². The number of carboxylic acid groups (broad SMARTS) is 1. The number of ether oxygens (including phenoxy) is 1. The molecule has 0 saturated heterocycles. The van der Waals surface area contributed by atoms with Crippen LogP contribution in [0, 0.1) is 6.92 Å². The summed E-state index contributed by atoms with van der Waals surface area (Å²) in [5.41, 5.74) is 0.485. The quantitative estimate of drug-likeness (QED) is 0.748. The average molecular weight is 309 g/mol. The number of amides is 1. The summed E-state index contributed by atoms with van der Waals surface area (Å²) in [5.74, 6) is -1.94. The van der Waals surface area contributed by atoms with Gasteiger partial charge in [-0.2, -0.15) is 0 Å². The van der Waals surface area contributed by atoms with E-state index in [2.05, 4.69) is 5.32 Å². The molecule has 1 amide bonds. The summed E-state index contributed by atoms with van der Waals surface area (Å²) in [5, 5.41) is 21.3. The molecule has 0 aliphatic heterocycles. The van der Waals surface area contributed by atoms with Gasteiger partial charge in [0.15, 0.2) is 0 Å². The predicted molar refractivity (Wildman–Crippen MR) is 82.1 cm³/mol. The number of aryl methyl sites for hydroxylation is 1. The van der Waals surface area contributed by atoms with Crippen molar-refractivity contribution in [3.05, 3.63) is 29.3 Å². The van der Waals surface area contributed by atoms with Gasteiger partial charge in [-0.1, -0.05) is 6.07 Å². The summed E-state index contributed by atoms with van der Waals surface area (Å²) >= 11 is 0. The molecule has 22 heavy (non-hydrogen) atoms. The van der Waals surface area contributed by atoms with Gasteiger partial charge in [0.2, 0.25) is 0 Å². The summed E-state index contributed by atoms with van der Waals surface area (Å²) in [6.45, 7) is 7.59. The summed E-state index contributed by atoms with van der Waals surface area (Å²) in [4.78, 5) is 23.3. The number of hydrogen-bond donors (Lipinski definition) is 3. The second-order valence-electron chi connectivity index (χ2n) is 6.13. The molecule has 1 atom stereocenters. The van der Waals surface area contributed by atoms with Crippen molar-refractivity contribution in [2.24, 2.45) is 0 Å². The Morgan fingerprint density at radius 3 is 2.45 bits per heavy atom. The molecule has 3 N–H and O–H groups in total. The Bertz CT molecular complexity index is 548. The van der Waals surface area contributed by atoms with E-state index in [1.54, 1.807) is 13.0 Å². The Morgan fingerprint density at radius 1 is 1.32 bits per heavy atom. The first-order valence-corrected chi connectivity index (χ1v) is 7.07. The second kappa shape index (κ2) is 7.26. The lowest BCUT2D eigenvalue weighted by molar-refractivity contribution is -0.140. The molecule has 1 aromatic rings. The van der Waals surface area contributed by atoms with E-state index in [4.69, 9.17) is 4.74 Å². The zero-order valence-corrected chi connectivity index (χ0v) is 13.3. The minimum absolute atomic E-state index is 0.0496. The van der Waals surface area contributed by atoms with Gasteiger partial charge in [-0.3, -0.25) is 4.79 Å². The molecular weight excluding hydrogens is 286 g/mol. The molecule has 0 bridgehead atoms. The Labute approximate surface area is 130 Å². The maximum Gasteiger partial charge on any atom is 0.326 e. The monoisotopic (exact) mass is 309 g/mol. The molecule has 0 aromatic heterocycles. The van der Waals surface area contributed by atoms with Gasteiger partial charge in [-0.05, 0) is 45.4 Å². The first kappa shape index (κ1) is 18.0. The van der Waals surface area contributed by atoms with Gasteiger partial charge in [0.25, 0.3) is 5.91 Å². The molecule has 122 valence electrons. The molecule has 0 heterocycles. The Balaban J connectivity index is 2.70. The fourth-order valence-electron chi connectivity index (χ4n) is 1.81. The van der Waals surface area contributed by atoms with Gasteiger partial charge in [-0.25, -0.2) is 4.79 Å². The van der Waals surface area contributed by atoms with Crippen LogP contribution in [0.4, 0.5) is 0 Å². The van der Waals surface area contributed by atoms with Crippen molar-refractivity contribution in [1.82, 2.24) is 5.32 Å². The molecule has 6 heteroatoms. The van der Waals surface area contributed by atoms with Gasteiger partial charge in [-0.15, -0.1) is 0 Å². The van der Waals surface area contributed by atoms with Crippen LogP contribution in [-0.2, 0) is 9.53 Å². The summed E-state index contributed by atoms with van der Waals surface area (Å²) in [6, 6.07) is 3.51. The second-order valence-corrected chi connectivity index (χ2v) is 6.13. The first-order chi connectivity index (χ1) is 10.1. The molecular formula is C16H23NO5. The molecule has 0 aliphatic carbocycles. The number of phenolic OH excluding ortho intramolecular Hbond substituents is 1. The fraction of sp³-hybridized carbons (Fsp3) is 0.500. The van der Waals surface area contributed by atoms with E-state index in [1.807, 2.05) is 20.8 Å². The number of aliphatic carboxylic acids is 1. The van der Waals surface area contributed by atoms with Gasteiger partial charge < -0.3 is 20.3 Å². The average Bonchev–Trinajstić information content (AvgIpc) is 2.35. The lowest BCUT2D eigenvalue weighted by atomic mass is 10.1. The minimum atomic E-state index is -1.14. The van der Waals surface area contributed by atoms with Crippen LogP contribution in [0.1, 0.15) is 43.1 Å². The standard InChI is InChI=1S/C16H23NO5/c1-10-5-6-11(13(18)9-10)14(19)17-12(15(20)21)7-8-22-16(2,3)4/h5-6,9,12,18H,7-8H2,1-4H3,(H,17,19)(H,20,21). The van der Waals surface area contributed by atoms with Crippen LogP contribution >= 0.6 is 0 Å². The molecule has 0 saturated carbocycles. The van der Waals surface area contributed by atoms with Crippen LogP contribution in [0.5, 0.6) is 5.75 Å². The van der Waals surface area contributed by atoms with E-state index < -0.39 is 17.9 Å².